The highest BCUT2D eigenvalue weighted by atomic mass is 16.1. The predicted molar refractivity (Wildman–Crippen MR) is 71.7 cm³/mol. The lowest BCUT2D eigenvalue weighted by atomic mass is 9.99. The van der Waals surface area contributed by atoms with Gasteiger partial charge < -0.3 is 5.32 Å². The quantitative estimate of drug-likeness (QED) is 0.866. The Morgan fingerprint density at radius 1 is 1.39 bits per heavy atom. The molecule has 1 aromatic heterocycles. The van der Waals surface area contributed by atoms with Crippen molar-refractivity contribution in [3.05, 3.63) is 47.8 Å². The van der Waals surface area contributed by atoms with Crippen molar-refractivity contribution >= 4 is 11.6 Å². The number of carbonyl (C=O) groups is 1. The average molecular weight is 243 g/mol. The van der Waals surface area contributed by atoms with E-state index in [9.17, 15) is 4.79 Å². The summed E-state index contributed by atoms with van der Waals surface area (Å²) in [6.07, 6.45) is 4.19. The van der Waals surface area contributed by atoms with Gasteiger partial charge in [0.1, 0.15) is 0 Å². The van der Waals surface area contributed by atoms with Crippen LogP contribution in [0.1, 0.15) is 42.1 Å². The second kappa shape index (κ2) is 5.49. The Balaban J connectivity index is 2.04. The molecule has 1 heterocycles. The standard InChI is InChI=1S/C14H17N3O/c1-3-10(2)11-4-6-13(7-5-11)17-14(18)12-8-15-16-9-12/h4-10H,3H2,1-2H3,(H,15,16)(H,17,18). The minimum absolute atomic E-state index is 0.153. The van der Waals surface area contributed by atoms with Gasteiger partial charge in [0, 0.05) is 11.9 Å². The molecule has 0 aliphatic carbocycles. The molecule has 4 heteroatoms. The predicted octanol–water partition coefficient (Wildman–Crippen LogP) is 3.18. The summed E-state index contributed by atoms with van der Waals surface area (Å²) in [7, 11) is 0. The molecule has 0 radical (unpaired) electrons. The maximum Gasteiger partial charge on any atom is 0.258 e. The third-order valence-electron chi connectivity index (χ3n) is 3.11. The van der Waals surface area contributed by atoms with Crippen LogP contribution >= 0.6 is 0 Å². The third-order valence-corrected chi connectivity index (χ3v) is 3.11. The molecule has 0 saturated carbocycles. The normalized spacial score (nSPS) is 12.1. The Bertz CT molecular complexity index is 502. The molecule has 0 aliphatic rings. The van der Waals surface area contributed by atoms with Crippen molar-refractivity contribution in [3.8, 4) is 0 Å². The Labute approximate surface area is 106 Å². The van der Waals surface area contributed by atoms with Crippen LogP contribution in [0.5, 0.6) is 0 Å². The fourth-order valence-electron chi connectivity index (χ4n) is 1.71. The fraction of sp³-hybridized carbons (Fsp3) is 0.286. The van der Waals surface area contributed by atoms with Gasteiger partial charge in [-0.1, -0.05) is 26.0 Å². The van der Waals surface area contributed by atoms with Gasteiger partial charge >= 0.3 is 0 Å². The van der Waals surface area contributed by atoms with Crippen molar-refractivity contribution in [1.82, 2.24) is 10.2 Å². The number of benzene rings is 1. The van der Waals surface area contributed by atoms with Crippen molar-refractivity contribution in [2.24, 2.45) is 0 Å². The number of hydrogen-bond acceptors (Lipinski definition) is 2. The first-order valence-corrected chi connectivity index (χ1v) is 6.10. The third kappa shape index (κ3) is 2.77. The van der Waals surface area contributed by atoms with E-state index in [2.05, 4.69) is 41.5 Å². The molecule has 1 aromatic carbocycles. The van der Waals surface area contributed by atoms with Gasteiger partial charge in [-0.3, -0.25) is 9.89 Å². The second-order valence-corrected chi connectivity index (χ2v) is 4.37. The molecule has 0 fully saturated rings. The summed E-state index contributed by atoms with van der Waals surface area (Å²) in [5.74, 6) is 0.392. The van der Waals surface area contributed by atoms with E-state index in [-0.39, 0.29) is 5.91 Å². The smallest absolute Gasteiger partial charge is 0.258 e. The van der Waals surface area contributed by atoms with E-state index in [1.807, 2.05) is 12.1 Å². The molecule has 1 amide bonds. The maximum absolute atomic E-state index is 11.8. The van der Waals surface area contributed by atoms with E-state index in [1.165, 1.54) is 11.8 Å². The molecule has 4 nitrogen and oxygen atoms in total. The number of nitrogens with one attached hydrogen (secondary N) is 2. The molecule has 1 unspecified atom stereocenters. The highest BCUT2D eigenvalue weighted by Crippen LogP contribution is 2.20. The first kappa shape index (κ1) is 12.4. The molecule has 18 heavy (non-hydrogen) atoms. The maximum atomic E-state index is 11.8. The molecule has 94 valence electrons. The lowest BCUT2D eigenvalue weighted by Gasteiger charge is -2.10. The zero-order valence-corrected chi connectivity index (χ0v) is 10.6. The van der Waals surface area contributed by atoms with Crippen LogP contribution < -0.4 is 5.32 Å². The summed E-state index contributed by atoms with van der Waals surface area (Å²) in [4.78, 5) is 11.8. The van der Waals surface area contributed by atoms with Gasteiger partial charge in [0.15, 0.2) is 0 Å². The molecule has 0 spiro atoms. The van der Waals surface area contributed by atoms with Crippen LogP contribution in [0.3, 0.4) is 0 Å². The average Bonchev–Trinajstić information content (AvgIpc) is 2.92. The Kier molecular flexibility index (Phi) is 3.77. The highest BCUT2D eigenvalue weighted by Gasteiger charge is 2.07. The number of hydrogen-bond donors (Lipinski definition) is 2. The molecule has 0 saturated heterocycles. The van der Waals surface area contributed by atoms with Gasteiger partial charge in [0.2, 0.25) is 0 Å². The molecular weight excluding hydrogens is 226 g/mol. The molecule has 0 aliphatic heterocycles. The number of aromatic nitrogens is 2. The molecule has 2 aromatic rings. The van der Waals surface area contributed by atoms with Gasteiger partial charge in [-0.2, -0.15) is 5.10 Å². The molecule has 2 rings (SSSR count). The number of H-pyrrole nitrogens is 1. The van der Waals surface area contributed by atoms with Gasteiger partial charge in [0.25, 0.3) is 5.91 Å². The van der Waals surface area contributed by atoms with Crippen LogP contribution in [0.25, 0.3) is 0 Å². The summed E-state index contributed by atoms with van der Waals surface area (Å²) < 4.78 is 0. The lowest BCUT2D eigenvalue weighted by Crippen LogP contribution is -2.10. The van der Waals surface area contributed by atoms with Crippen LogP contribution in [-0.2, 0) is 0 Å². The topological polar surface area (TPSA) is 57.8 Å². The van der Waals surface area contributed by atoms with E-state index >= 15 is 0 Å². The molecule has 1 atom stereocenters. The minimum Gasteiger partial charge on any atom is -0.322 e. The van der Waals surface area contributed by atoms with Gasteiger partial charge in [-0.05, 0) is 30.0 Å². The molecule has 0 bridgehead atoms. The van der Waals surface area contributed by atoms with Crippen molar-refractivity contribution in [2.75, 3.05) is 5.32 Å². The largest absolute Gasteiger partial charge is 0.322 e. The van der Waals surface area contributed by atoms with Gasteiger partial charge in [-0.25, -0.2) is 0 Å². The summed E-state index contributed by atoms with van der Waals surface area (Å²) in [6, 6.07) is 7.97. The van der Waals surface area contributed by atoms with Crippen LogP contribution in [0.15, 0.2) is 36.7 Å². The summed E-state index contributed by atoms with van der Waals surface area (Å²) >= 11 is 0. The Morgan fingerprint density at radius 3 is 2.67 bits per heavy atom. The van der Waals surface area contributed by atoms with E-state index < -0.39 is 0 Å². The number of nitrogens with zero attached hydrogens (tertiary/aromatic N) is 1. The number of aromatic amines is 1. The van der Waals surface area contributed by atoms with E-state index in [4.69, 9.17) is 0 Å². The summed E-state index contributed by atoms with van der Waals surface area (Å²) in [6.45, 7) is 4.36. The van der Waals surface area contributed by atoms with E-state index in [0.29, 0.717) is 11.5 Å². The highest BCUT2D eigenvalue weighted by molar-refractivity contribution is 6.03. The first-order valence-electron chi connectivity index (χ1n) is 6.10. The van der Waals surface area contributed by atoms with Crippen molar-refractivity contribution in [2.45, 2.75) is 26.2 Å². The number of amides is 1. The van der Waals surface area contributed by atoms with Gasteiger partial charge in [-0.15, -0.1) is 0 Å². The number of anilines is 1. The molecule has 2 N–H and O–H groups in total. The van der Waals surface area contributed by atoms with Crippen molar-refractivity contribution in [3.63, 3.8) is 0 Å². The Morgan fingerprint density at radius 2 is 2.11 bits per heavy atom. The van der Waals surface area contributed by atoms with Gasteiger partial charge in [0.05, 0.1) is 11.8 Å². The second-order valence-electron chi connectivity index (χ2n) is 4.37. The SMILES string of the molecule is CCC(C)c1ccc(NC(=O)c2cn[nH]c2)cc1. The van der Waals surface area contributed by atoms with Crippen LogP contribution in [0, 0.1) is 0 Å². The Hall–Kier alpha value is -2.10. The minimum atomic E-state index is -0.153. The summed E-state index contributed by atoms with van der Waals surface area (Å²) in [5.41, 5.74) is 2.62. The first-order chi connectivity index (χ1) is 8.70. The zero-order valence-electron chi connectivity index (χ0n) is 10.6. The van der Waals surface area contributed by atoms with Crippen molar-refractivity contribution in [1.29, 1.82) is 0 Å². The van der Waals surface area contributed by atoms with E-state index in [1.54, 1.807) is 6.20 Å². The monoisotopic (exact) mass is 243 g/mol. The van der Waals surface area contributed by atoms with Crippen LogP contribution in [0.4, 0.5) is 5.69 Å². The van der Waals surface area contributed by atoms with Crippen molar-refractivity contribution < 1.29 is 4.79 Å². The summed E-state index contributed by atoms with van der Waals surface area (Å²) in [5, 5.41) is 9.19. The van der Waals surface area contributed by atoms with Crippen LogP contribution in [0.2, 0.25) is 0 Å². The molecular formula is C14H17N3O. The van der Waals surface area contributed by atoms with Crippen LogP contribution in [-0.4, -0.2) is 16.1 Å². The zero-order chi connectivity index (χ0) is 13.0. The fourth-order valence-corrected chi connectivity index (χ4v) is 1.71. The number of rotatable bonds is 4. The number of carbonyl (C=O) groups excluding carboxylic acids is 1. The van der Waals surface area contributed by atoms with E-state index in [0.717, 1.165) is 12.1 Å². The lowest BCUT2D eigenvalue weighted by molar-refractivity contribution is 0.102.